The van der Waals surface area contributed by atoms with Gasteiger partial charge in [-0.25, -0.2) is 8.42 Å². The Hall–Kier alpha value is -2.31. The van der Waals surface area contributed by atoms with Crippen LogP contribution in [0.2, 0.25) is 0 Å². The zero-order chi connectivity index (χ0) is 16.2. The van der Waals surface area contributed by atoms with Gasteiger partial charge in [0.25, 0.3) is 0 Å². The highest BCUT2D eigenvalue weighted by atomic mass is 32.2. The van der Waals surface area contributed by atoms with Gasteiger partial charge in [-0.15, -0.1) is 0 Å². The van der Waals surface area contributed by atoms with Crippen LogP contribution in [0, 0.1) is 0 Å². The fourth-order valence-corrected chi connectivity index (χ4v) is 2.71. The number of phenolic OH excluding ortho intramolecular Hbond substituents is 2. The fraction of sp³-hybridized carbons (Fsp3) is 0.125. The Morgan fingerprint density at radius 3 is 2.36 bits per heavy atom. The SMILES string of the molecule is CN(Cc1ccccc1)S(=O)(=O)/C=C/c1ccc(O)c(O)c1. The van der Waals surface area contributed by atoms with E-state index in [0.717, 1.165) is 11.0 Å². The Bertz CT molecular complexity index is 770. The van der Waals surface area contributed by atoms with Crippen LogP contribution in [0.3, 0.4) is 0 Å². The van der Waals surface area contributed by atoms with Gasteiger partial charge in [0.1, 0.15) is 0 Å². The molecule has 0 aliphatic heterocycles. The summed E-state index contributed by atoms with van der Waals surface area (Å²) >= 11 is 0. The van der Waals surface area contributed by atoms with E-state index >= 15 is 0 Å². The molecule has 0 saturated carbocycles. The molecule has 0 spiro atoms. The van der Waals surface area contributed by atoms with Crippen LogP contribution < -0.4 is 0 Å². The first-order valence-corrected chi connectivity index (χ1v) is 8.09. The fourth-order valence-electron chi connectivity index (χ4n) is 1.84. The molecule has 2 aromatic carbocycles. The molecule has 0 aromatic heterocycles. The van der Waals surface area contributed by atoms with E-state index in [1.54, 1.807) is 0 Å². The molecule has 2 N–H and O–H groups in total. The third-order valence-corrected chi connectivity index (χ3v) is 4.59. The highest BCUT2D eigenvalue weighted by molar-refractivity contribution is 7.92. The van der Waals surface area contributed by atoms with Gasteiger partial charge in [0.05, 0.1) is 0 Å². The van der Waals surface area contributed by atoms with Gasteiger partial charge in [-0.1, -0.05) is 36.4 Å². The van der Waals surface area contributed by atoms with Crippen molar-refractivity contribution in [3.63, 3.8) is 0 Å². The second kappa shape index (κ2) is 6.64. The van der Waals surface area contributed by atoms with Gasteiger partial charge in [0, 0.05) is 19.0 Å². The summed E-state index contributed by atoms with van der Waals surface area (Å²) < 4.78 is 25.6. The number of benzene rings is 2. The lowest BCUT2D eigenvalue weighted by molar-refractivity contribution is 0.403. The van der Waals surface area contributed by atoms with Crippen LogP contribution in [-0.2, 0) is 16.6 Å². The summed E-state index contributed by atoms with van der Waals surface area (Å²) in [5.41, 5.74) is 1.37. The van der Waals surface area contributed by atoms with Crippen LogP contribution in [0.4, 0.5) is 0 Å². The summed E-state index contributed by atoms with van der Waals surface area (Å²) in [6.07, 6.45) is 1.37. The van der Waals surface area contributed by atoms with E-state index in [1.807, 2.05) is 30.3 Å². The van der Waals surface area contributed by atoms with Crippen molar-refractivity contribution in [1.29, 1.82) is 0 Å². The first-order chi connectivity index (χ1) is 10.4. The highest BCUT2D eigenvalue weighted by Crippen LogP contribution is 2.25. The van der Waals surface area contributed by atoms with Gasteiger partial charge in [0.2, 0.25) is 10.0 Å². The zero-order valence-corrected chi connectivity index (χ0v) is 12.9. The molecule has 0 aliphatic carbocycles. The quantitative estimate of drug-likeness (QED) is 0.830. The molecule has 0 amide bonds. The molecule has 0 radical (unpaired) electrons. The highest BCUT2D eigenvalue weighted by Gasteiger charge is 2.14. The molecular weight excluding hydrogens is 302 g/mol. The van der Waals surface area contributed by atoms with Crippen LogP contribution in [0.25, 0.3) is 6.08 Å². The maximum absolute atomic E-state index is 12.2. The monoisotopic (exact) mass is 319 g/mol. The maximum Gasteiger partial charge on any atom is 0.236 e. The Labute approximate surface area is 129 Å². The Morgan fingerprint density at radius 2 is 1.73 bits per heavy atom. The van der Waals surface area contributed by atoms with Crippen LogP contribution in [0.5, 0.6) is 11.5 Å². The Balaban J connectivity index is 2.12. The maximum atomic E-state index is 12.2. The van der Waals surface area contributed by atoms with E-state index in [4.69, 9.17) is 0 Å². The predicted molar refractivity (Wildman–Crippen MR) is 85.6 cm³/mol. The average Bonchev–Trinajstić information content (AvgIpc) is 2.49. The summed E-state index contributed by atoms with van der Waals surface area (Å²) in [6, 6.07) is 13.4. The van der Waals surface area contributed by atoms with Crippen molar-refractivity contribution in [2.24, 2.45) is 0 Å². The van der Waals surface area contributed by atoms with Crippen LogP contribution in [0.15, 0.2) is 53.9 Å². The molecule has 6 heteroatoms. The number of nitrogens with zero attached hydrogens (tertiary/aromatic N) is 1. The van der Waals surface area contributed by atoms with Gasteiger partial charge in [-0.3, -0.25) is 0 Å². The van der Waals surface area contributed by atoms with Crippen molar-refractivity contribution in [2.75, 3.05) is 7.05 Å². The summed E-state index contributed by atoms with van der Waals surface area (Å²) in [4.78, 5) is 0. The van der Waals surface area contributed by atoms with Gasteiger partial charge in [-0.05, 0) is 29.3 Å². The van der Waals surface area contributed by atoms with Crippen molar-refractivity contribution < 1.29 is 18.6 Å². The Morgan fingerprint density at radius 1 is 1.05 bits per heavy atom. The number of aromatic hydroxyl groups is 2. The second-order valence-corrected chi connectivity index (χ2v) is 6.76. The van der Waals surface area contributed by atoms with Crippen molar-refractivity contribution in [2.45, 2.75) is 6.54 Å². The third kappa shape index (κ3) is 4.09. The van der Waals surface area contributed by atoms with E-state index in [9.17, 15) is 18.6 Å². The molecule has 0 saturated heterocycles. The lowest BCUT2D eigenvalue weighted by Gasteiger charge is -2.14. The van der Waals surface area contributed by atoms with Crippen molar-refractivity contribution >= 4 is 16.1 Å². The third-order valence-electron chi connectivity index (χ3n) is 3.11. The molecule has 0 aliphatic rings. The molecule has 5 nitrogen and oxygen atoms in total. The molecule has 0 atom stereocenters. The normalized spacial score (nSPS) is 12.1. The van der Waals surface area contributed by atoms with Crippen molar-refractivity contribution in [1.82, 2.24) is 4.31 Å². The summed E-state index contributed by atoms with van der Waals surface area (Å²) in [7, 11) is -2.07. The lowest BCUT2D eigenvalue weighted by atomic mass is 10.2. The molecule has 0 bridgehead atoms. The zero-order valence-electron chi connectivity index (χ0n) is 12.0. The summed E-state index contributed by atoms with van der Waals surface area (Å²) in [5, 5.41) is 19.7. The number of phenols is 2. The average molecular weight is 319 g/mol. The standard InChI is InChI=1S/C16H17NO4S/c1-17(12-14-5-3-2-4-6-14)22(20,21)10-9-13-7-8-15(18)16(19)11-13/h2-11,18-19H,12H2,1H3/b10-9+. The summed E-state index contributed by atoms with van der Waals surface area (Å²) in [5.74, 6) is -0.543. The van der Waals surface area contributed by atoms with E-state index in [0.29, 0.717) is 5.56 Å². The molecule has 0 heterocycles. The van der Waals surface area contributed by atoms with Gasteiger partial charge in [-0.2, -0.15) is 4.31 Å². The van der Waals surface area contributed by atoms with Gasteiger partial charge >= 0.3 is 0 Å². The van der Waals surface area contributed by atoms with Gasteiger partial charge in [0.15, 0.2) is 11.5 Å². The predicted octanol–water partition coefficient (Wildman–Crippen LogP) is 2.53. The van der Waals surface area contributed by atoms with Gasteiger partial charge < -0.3 is 10.2 Å². The number of hydrogen-bond acceptors (Lipinski definition) is 4. The number of hydrogen-bond donors (Lipinski definition) is 2. The summed E-state index contributed by atoms with van der Waals surface area (Å²) in [6.45, 7) is 0.272. The Kier molecular flexibility index (Phi) is 4.85. The first kappa shape index (κ1) is 16.1. The van der Waals surface area contributed by atoms with E-state index < -0.39 is 10.0 Å². The molecular formula is C16H17NO4S. The second-order valence-electron chi connectivity index (χ2n) is 4.84. The minimum Gasteiger partial charge on any atom is -0.504 e. The molecule has 2 aromatic rings. The molecule has 2 rings (SSSR count). The largest absolute Gasteiger partial charge is 0.504 e. The molecule has 0 fully saturated rings. The molecule has 116 valence electrons. The first-order valence-electron chi connectivity index (χ1n) is 6.59. The number of rotatable bonds is 5. The van der Waals surface area contributed by atoms with Crippen LogP contribution in [-0.4, -0.2) is 30.0 Å². The smallest absolute Gasteiger partial charge is 0.236 e. The minimum absolute atomic E-state index is 0.249. The minimum atomic E-state index is -3.57. The topological polar surface area (TPSA) is 77.8 Å². The number of sulfonamides is 1. The van der Waals surface area contributed by atoms with Crippen molar-refractivity contribution in [3.05, 3.63) is 65.1 Å². The molecule has 22 heavy (non-hydrogen) atoms. The van der Waals surface area contributed by atoms with Crippen LogP contribution >= 0.6 is 0 Å². The van der Waals surface area contributed by atoms with Crippen LogP contribution in [0.1, 0.15) is 11.1 Å². The van der Waals surface area contributed by atoms with E-state index in [2.05, 4.69) is 0 Å². The van der Waals surface area contributed by atoms with E-state index in [-0.39, 0.29) is 18.0 Å². The molecule has 0 unspecified atom stereocenters. The van der Waals surface area contributed by atoms with E-state index in [1.165, 1.54) is 35.6 Å². The van der Waals surface area contributed by atoms with Crippen molar-refractivity contribution in [3.8, 4) is 11.5 Å². The lowest BCUT2D eigenvalue weighted by Crippen LogP contribution is -2.24.